The molecule has 0 radical (unpaired) electrons. The van der Waals surface area contributed by atoms with Crippen LogP contribution in [0.5, 0.6) is 0 Å². The van der Waals surface area contributed by atoms with E-state index in [1.54, 1.807) is 17.8 Å². The number of hydrogen-bond acceptors (Lipinski definition) is 8. The molecular weight excluding hydrogens is 618 g/mol. The number of nitrogens with one attached hydrogen (secondary N) is 1. The average molecular weight is 664 g/mol. The summed E-state index contributed by atoms with van der Waals surface area (Å²) in [6.07, 6.45) is 14.9. The Morgan fingerprint density at radius 3 is 2.35 bits per heavy atom. The van der Waals surface area contributed by atoms with Crippen molar-refractivity contribution in [3.63, 3.8) is 0 Å². The first kappa shape index (κ1) is 32.6. The number of rotatable bonds is 5. The number of ether oxygens (including phenoxy) is 1. The summed E-state index contributed by atoms with van der Waals surface area (Å²) in [7, 11) is 1.70. The van der Waals surface area contributed by atoms with Gasteiger partial charge in [-0.25, -0.2) is 14.3 Å². The fourth-order valence-corrected chi connectivity index (χ4v) is 7.77. The van der Waals surface area contributed by atoms with Gasteiger partial charge in [0.05, 0.1) is 29.5 Å². The van der Waals surface area contributed by atoms with E-state index in [-0.39, 0.29) is 22.8 Å². The van der Waals surface area contributed by atoms with E-state index in [0.717, 1.165) is 98.3 Å². The molecule has 4 aromatic rings. The van der Waals surface area contributed by atoms with Gasteiger partial charge in [0.2, 0.25) is 5.91 Å². The van der Waals surface area contributed by atoms with Crippen molar-refractivity contribution in [2.75, 3.05) is 38.1 Å². The fraction of sp³-hybridized carbons (Fsp3) is 0.514. The lowest BCUT2D eigenvalue weighted by Gasteiger charge is -2.53. The molecule has 4 aromatic heterocycles. The summed E-state index contributed by atoms with van der Waals surface area (Å²) in [5.74, 6) is 0.965. The predicted octanol–water partition coefficient (Wildman–Crippen LogP) is 5.84. The smallest absolute Gasteiger partial charge is 0.410 e. The Balaban J connectivity index is 1.06. The van der Waals surface area contributed by atoms with E-state index < -0.39 is 5.60 Å². The molecule has 2 saturated heterocycles. The molecule has 12 heteroatoms. The van der Waals surface area contributed by atoms with Crippen LogP contribution in [0.2, 0.25) is 0 Å². The maximum absolute atomic E-state index is 12.5. The number of nitrogens with zero attached hydrogens (tertiary/aromatic N) is 8. The summed E-state index contributed by atoms with van der Waals surface area (Å²) >= 11 is 0. The first-order chi connectivity index (χ1) is 23.4. The molecule has 7 rings (SSSR count). The summed E-state index contributed by atoms with van der Waals surface area (Å²) in [6, 6.07) is 8.76. The van der Waals surface area contributed by atoms with Crippen LogP contribution in [0.3, 0.4) is 0 Å². The lowest BCUT2D eigenvalue weighted by Crippen LogP contribution is -2.60. The molecule has 3 fully saturated rings. The van der Waals surface area contributed by atoms with Gasteiger partial charge in [0.15, 0.2) is 0 Å². The van der Waals surface area contributed by atoms with E-state index in [9.17, 15) is 14.9 Å². The van der Waals surface area contributed by atoms with Gasteiger partial charge in [-0.1, -0.05) is 6.92 Å². The minimum atomic E-state index is -0.482. The van der Waals surface area contributed by atoms with Crippen LogP contribution < -0.4 is 10.2 Å². The Hall–Kier alpha value is -4.92. The van der Waals surface area contributed by atoms with E-state index >= 15 is 0 Å². The summed E-state index contributed by atoms with van der Waals surface area (Å²) in [6.45, 7) is 10.8. The molecule has 2 amide bonds. The number of amides is 2. The fourth-order valence-electron chi connectivity index (χ4n) is 7.77. The Morgan fingerprint density at radius 2 is 1.71 bits per heavy atom. The number of anilines is 1. The molecule has 49 heavy (non-hydrogen) atoms. The molecular formula is C37H45N9O3. The van der Waals surface area contributed by atoms with Gasteiger partial charge in [0.25, 0.3) is 0 Å². The van der Waals surface area contributed by atoms with Crippen molar-refractivity contribution in [3.05, 3.63) is 54.7 Å². The second-order valence-electron chi connectivity index (χ2n) is 15.4. The zero-order valence-corrected chi connectivity index (χ0v) is 29.1. The molecule has 1 aliphatic carbocycles. The number of piperidine rings is 1. The molecule has 256 valence electrons. The van der Waals surface area contributed by atoms with E-state index in [2.05, 4.69) is 38.3 Å². The Morgan fingerprint density at radius 1 is 0.980 bits per heavy atom. The Bertz CT molecular complexity index is 1910. The van der Waals surface area contributed by atoms with Gasteiger partial charge in [-0.05, 0) is 77.5 Å². The third-order valence-corrected chi connectivity index (χ3v) is 10.8. The maximum Gasteiger partial charge on any atom is 0.410 e. The van der Waals surface area contributed by atoms with Crippen LogP contribution in [0, 0.1) is 22.2 Å². The summed E-state index contributed by atoms with van der Waals surface area (Å²) in [5.41, 5.74) is 4.30. The van der Waals surface area contributed by atoms with Gasteiger partial charge < -0.3 is 19.9 Å². The zero-order chi connectivity index (χ0) is 34.6. The highest BCUT2D eigenvalue weighted by Gasteiger charge is 2.48. The lowest BCUT2D eigenvalue weighted by molar-refractivity contribution is -0.130. The van der Waals surface area contributed by atoms with Crippen LogP contribution >= 0.6 is 0 Å². The molecule has 12 nitrogen and oxygen atoms in total. The third kappa shape index (κ3) is 6.22. The van der Waals surface area contributed by atoms with Gasteiger partial charge in [0.1, 0.15) is 17.5 Å². The number of likely N-dealkylation sites (tertiary alicyclic amines) is 1. The number of fused-ring (bicyclic) bond motifs is 1. The van der Waals surface area contributed by atoms with Crippen molar-refractivity contribution in [1.29, 1.82) is 5.26 Å². The Kier molecular flexibility index (Phi) is 8.12. The topological polar surface area (TPSA) is 134 Å². The van der Waals surface area contributed by atoms with Crippen molar-refractivity contribution in [3.8, 4) is 28.3 Å². The van der Waals surface area contributed by atoms with Crippen LogP contribution in [0.25, 0.3) is 27.8 Å². The third-order valence-electron chi connectivity index (χ3n) is 10.8. The number of aromatic nitrogens is 5. The highest BCUT2D eigenvalue weighted by atomic mass is 16.6. The zero-order valence-electron chi connectivity index (χ0n) is 29.1. The number of pyridine rings is 2. The molecule has 2 aliphatic heterocycles. The minimum Gasteiger partial charge on any atom is -0.444 e. The van der Waals surface area contributed by atoms with Crippen LogP contribution in [-0.4, -0.2) is 80.1 Å². The van der Waals surface area contributed by atoms with E-state index in [4.69, 9.17) is 14.8 Å². The van der Waals surface area contributed by atoms with Gasteiger partial charge in [-0.2, -0.15) is 15.5 Å². The molecule has 3 aliphatic rings. The lowest BCUT2D eigenvalue weighted by atomic mass is 9.67. The number of carbonyl (C=O) groups is 2. The maximum atomic E-state index is 12.5. The number of nitriles is 1. The van der Waals surface area contributed by atoms with Crippen molar-refractivity contribution in [2.45, 2.75) is 77.9 Å². The van der Waals surface area contributed by atoms with E-state index in [1.807, 2.05) is 63.3 Å². The molecule has 1 N–H and O–H groups in total. The van der Waals surface area contributed by atoms with Crippen LogP contribution in [0.4, 0.5) is 10.6 Å². The first-order valence-electron chi connectivity index (χ1n) is 17.3. The monoisotopic (exact) mass is 663 g/mol. The van der Waals surface area contributed by atoms with Crippen molar-refractivity contribution in [2.24, 2.45) is 10.8 Å². The molecule has 0 atom stereocenters. The number of carbonyl (C=O) groups excluding carboxylic acids is 2. The van der Waals surface area contributed by atoms with Crippen LogP contribution in [0.1, 0.15) is 77.8 Å². The minimum absolute atomic E-state index is 0.0907. The summed E-state index contributed by atoms with van der Waals surface area (Å²) in [4.78, 5) is 33.8. The summed E-state index contributed by atoms with van der Waals surface area (Å²) < 4.78 is 9.42. The van der Waals surface area contributed by atoms with E-state index in [1.165, 1.54) is 0 Å². The average Bonchev–Trinajstić information content (AvgIpc) is 3.74. The largest absolute Gasteiger partial charge is 0.444 e. The molecule has 0 bridgehead atoms. The van der Waals surface area contributed by atoms with E-state index in [0.29, 0.717) is 11.6 Å². The molecule has 6 heterocycles. The van der Waals surface area contributed by atoms with Gasteiger partial charge in [0, 0.05) is 84.9 Å². The van der Waals surface area contributed by atoms with Crippen molar-refractivity contribution >= 4 is 23.3 Å². The highest BCUT2D eigenvalue weighted by molar-refractivity contribution is 5.87. The van der Waals surface area contributed by atoms with Crippen LogP contribution in [0.15, 0.2) is 49.2 Å². The SMILES string of the molecule is CNC(=O)C1(C)CCN(c2ccc(-c3cc(-c4cnn(C5CCC6(CC5)CN(C(=O)OC(C)(C)C)C6)c4)cn4ncc(C#N)c34)cn2)CC1. The van der Waals surface area contributed by atoms with Gasteiger partial charge in [-0.3, -0.25) is 9.48 Å². The standard InChI is InChI=1S/C37H45N9O3/c1-35(2,3)49-34(48)44-23-37(24-44)10-8-29(9-11-37)45-22-28(20-41-45)26-16-30(32-27(17-38)19-42-46(32)21-26)25-6-7-31(40-18-25)43-14-12-36(4,13-15-43)33(47)39-5/h6-7,16,18-22,29H,8-15,23-24H2,1-5H3,(H,39,47). The van der Waals surface area contributed by atoms with Gasteiger partial charge in [-0.15, -0.1) is 0 Å². The first-order valence-corrected chi connectivity index (χ1v) is 17.3. The summed E-state index contributed by atoms with van der Waals surface area (Å²) in [5, 5.41) is 22.0. The number of hydrogen-bond donors (Lipinski definition) is 1. The Labute approximate surface area is 287 Å². The van der Waals surface area contributed by atoms with Crippen molar-refractivity contribution in [1.82, 2.24) is 34.6 Å². The van der Waals surface area contributed by atoms with Crippen molar-refractivity contribution < 1.29 is 14.3 Å². The predicted molar refractivity (Wildman–Crippen MR) is 186 cm³/mol. The molecule has 0 aromatic carbocycles. The van der Waals surface area contributed by atoms with Gasteiger partial charge >= 0.3 is 6.09 Å². The quantitative estimate of drug-likeness (QED) is 0.282. The second-order valence-corrected chi connectivity index (χ2v) is 15.4. The molecule has 0 unspecified atom stereocenters. The normalized spacial score (nSPS) is 19.0. The second kappa shape index (κ2) is 12.2. The highest BCUT2D eigenvalue weighted by Crippen LogP contribution is 2.47. The van der Waals surface area contributed by atoms with Crippen LogP contribution in [-0.2, 0) is 9.53 Å². The molecule has 1 saturated carbocycles. The molecule has 1 spiro atoms.